The molecule has 0 bridgehead atoms. The van der Waals surface area contributed by atoms with Crippen LogP contribution in [0.25, 0.3) is 0 Å². The van der Waals surface area contributed by atoms with Crippen molar-refractivity contribution in [3.05, 3.63) is 29.3 Å². The summed E-state index contributed by atoms with van der Waals surface area (Å²) in [7, 11) is -3.07. The Bertz CT molecular complexity index is 575. The monoisotopic (exact) mass is 338 g/mol. The zero-order chi connectivity index (χ0) is 14.0. The van der Waals surface area contributed by atoms with Crippen LogP contribution < -0.4 is 10.6 Å². The van der Waals surface area contributed by atoms with Crippen molar-refractivity contribution in [3.8, 4) is 0 Å². The van der Waals surface area contributed by atoms with Crippen molar-refractivity contribution in [1.82, 2.24) is 5.32 Å². The molecular weight excluding hydrogens is 327 g/mol. The predicted octanol–water partition coefficient (Wildman–Crippen LogP) is 2.03. The van der Waals surface area contributed by atoms with Crippen LogP contribution in [0.4, 0.5) is 5.69 Å². The molecule has 0 radical (unpaired) electrons. The maximum absolute atomic E-state index is 11.4. The Morgan fingerprint density at radius 1 is 1.26 bits per heavy atom. The van der Waals surface area contributed by atoms with Gasteiger partial charge in [0.25, 0.3) is 0 Å². The molecule has 0 saturated carbocycles. The van der Waals surface area contributed by atoms with Crippen LogP contribution in [-0.4, -0.2) is 36.5 Å². The second kappa shape index (κ2) is 5.83. The number of hydrogen-bond donors (Lipinski definition) is 2. The van der Waals surface area contributed by atoms with Crippen LogP contribution in [0.1, 0.15) is 0 Å². The Morgan fingerprint density at radius 3 is 2.42 bits per heavy atom. The number of halogens is 2. The quantitative estimate of drug-likeness (QED) is 0.638. The summed E-state index contributed by atoms with van der Waals surface area (Å²) in [6, 6.07) is 6.66. The van der Waals surface area contributed by atoms with E-state index in [1.165, 1.54) is 0 Å². The summed E-state index contributed by atoms with van der Waals surface area (Å²) in [4.78, 5) is 0. The van der Waals surface area contributed by atoms with Crippen LogP contribution in [0.2, 0.25) is 5.02 Å². The highest BCUT2D eigenvalue weighted by Crippen LogP contribution is 2.18. The Hall–Kier alpha value is -0.560. The molecule has 8 heteroatoms. The molecular formula is C11H12Cl2N2O2S2. The second-order valence-electron chi connectivity index (χ2n) is 4.30. The maximum atomic E-state index is 11.4. The van der Waals surface area contributed by atoms with Gasteiger partial charge in [0, 0.05) is 10.7 Å². The first-order valence-corrected chi connectivity index (χ1v) is 8.58. The van der Waals surface area contributed by atoms with Crippen LogP contribution in [0, 0.1) is 0 Å². The molecule has 104 valence electrons. The zero-order valence-electron chi connectivity index (χ0n) is 9.77. The van der Waals surface area contributed by atoms with E-state index in [1.807, 2.05) is 0 Å². The Balaban J connectivity index is 1.93. The smallest absolute Gasteiger partial charge is 0.171 e. The van der Waals surface area contributed by atoms with Crippen molar-refractivity contribution >= 4 is 56.1 Å². The molecule has 1 aliphatic rings. The molecule has 2 N–H and O–H groups in total. The van der Waals surface area contributed by atoms with Gasteiger partial charge >= 0.3 is 0 Å². The number of rotatable bonds is 2. The first-order chi connectivity index (χ1) is 8.85. The molecule has 1 aliphatic heterocycles. The molecule has 2 rings (SSSR count). The normalized spacial score (nSPS) is 24.9. The number of sulfone groups is 1. The number of anilines is 1. The third-order valence-corrected chi connectivity index (χ3v) is 5.55. The minimum absolute atomic E-state index is 0.00358. The molecule has 1 saturated heterocycles. The fourth-order valence-electron chi connectivity index (χ4n) is 1.81. The molecule has 0 aliphatic carbocycles. The van der Waals surface area contributed by atoms with Gasteiger partial charge in [0.2, 0.25) is 0 Å². The number of alkyl halides is 1. The molecule has 0 spiro atoms. The highest BCUT2D eigenvalue weighted by molar-refractivity contribution is 7.91. The SMILES string of the molecule is O=S1(=O)CC(Cl)C(NC(=S)Nc2ccc(Cl)cc2)C1. The molecule has 1 aromatic carbocycles. The summed E-state index contributed by atoms with van der Waals surface area (Å²) in [5.41, 5.74) is 0.772. The standard InChI is InChI=1S/C11H12Cl2N2O2S2/c12-7-1-3-8(4-2-7)14-11(18)15-10-6-19(16,17)5-9(10)13/h1-4,9-10H,5-6H2,(H2,14,15,18). The van der Waals surface area contributed by atoms with E-state index < -0.39 is 15.2 Å². The molecule has 1 aromatic rings. The van der Waals surface area contributed by atoms with Crippen LogP contribution in [0.3, 0.4) is 0 Å². The predicted molar refractivity (Wildman–Crippen MR) is 82.9 cm³/mol. The molecule has 0 aromatic heterocycles. The summed E-state index contributed by atoms with van der Waals surface area (Å²) in [6.07, 6.45) is 0. The largest absolute Gasteiger partial charge is 0.357 e. The Labute approximate surface area is 127 Å². The number of benzene rings is 1. The summed E-state index contributed by atoms with van der Waals surface area (Å²) in [5.74, 6) is -0.0145. The van der Waals surface area contributed by atoms with E-state index in [4.69, 9.17) is 35.4 Å². The summed E-state index contributed by atoms with van der Waals surface area (Å²) >= 11 is 16.9. The van der Waals surface area contributed by atoms with Gasteiger partial charge in [-0.25, -0.2) is 8.42 Å². The minimum atomic E-state index is -3.07. The third kappa shape index (κ3) is 4.21. The van der Waals surface area contributed by atoms with Gasteiger partial charge in [-0.15, -0.1) is 11.6 Å². The molecule has 0 amide bonds. The second-order valence-corrected chi connectivity index (χ2v) is 7.86. The summed E-state index contributed by atoms with van der Waals surface area (Å²) in [5, 5.41) is 6.39. The van der Waals surface area contributed by atoms with E-state index in [-0.39, 0.29) is 17.5 Å². The Morgan fingerprint density at radius 2 is 1.89 bits per heavy atom. The van der Waals surface area contributed by atoms with Crippen LogP contribution in [-0.2, 0) is 9.84 Å². The van der Waals surface area contributed by atoms with Gasteiger partial charge in [-0.05, 0) is 36.5 Å². The first-order valence-electron chi connectivity index (χ1n) is 5.53. The van der Waals surface area contributed by atoms with E-state index in [1.54, 1.807) is 24.3 Å². The number of thiocarbonyl (C=S) groups is 1. The summed E-state index contributed by atoms with van der Waals surface area (Å²) in [6.45, 7) is 0. The van der Waals surface area contributed by atoms with E-state index in [2.05, 4.69) is 10.6 Å². The van der Waals surface area contributed by atoms with Gasteiger partial charge < -0.3 is 10.6 Å². The van der Waals surface area contributed by atoms with Crippen LogP contribution in [0.5, 0.6) is 0 Å². The zero-order valence-corrected chi connectivity index (χ0v) is 12.9. The molecule has 19 heavy (non-hydrogen) atoms. The third-order valence-electron chi connectivity index (χ3n) is 2.70. The van der Waals surface area contributed by atoms with E-state index in [0.29, 0.717) is 10.1 Å². The Kier molecular flexibility index (Phi) is 4.55. The van der Waals surface area contributed by atoms with E-state index in [9.17, 15) is 8.42 Å². The van der Waals surface area contributed by atoms with E-state index >= 15 is 0 Å². The lowest BCUT2D eigenvalue weighted by atomic mass is 10.2. The van der Waals surface area contributed by atoms with E-state index in [0.717, 1.165) is 5.69 Å². The van der Waals surface area contributed by atoms with Crippen molar-refractivity contribution in [1.29, 1.82) is 0 Å². The summed E-state index contributed by atoms with van der Waals surface area (Å²) < 4.78 is 22.9. The van der Waals surface area contributed by atoms with Crippen molar-refractivity contribution in [2.45, 2.75) is 11.4 Å². The first kappa shape index (κ1) is 14.8. The number of nitrogens with one attached hydrogen (secondary N) is 2. The van der Waals surface area contributed by atoms with Gasteiger partial charge in [0.15, 0.2) is 14.9 Å². The number of hydrogen-bond acceptors (Lipinski definition) is 3. The van der Waals surface area contributed by atoms with Crippen molar-refractivity contribution in [2.24, 2.45) is 0 Å². The van der Waals surface area contributed by atoms with Crippen molar-refractivity contribution in [3.63, 3.8) is 0 Å². The van der Waals surface area contributed by atoms with Gasteiger partial charge in [0.1, 0.15) is 0 Å². The molecule has 1 heterocycles. The fourth-order valence-corrected chi connectivity index (χ4v) is 4.75. The highest BCUT2D eigenvalue weighted by atomic mass is 35.5. The topological polar surface area (TPSA) is 58.2 Å². The molecule has 1 fully saturated rings. The average Bonchev–Trinajstić information content (AvgIpc) is 2.55. The van der Waals surface area contributed by atoms with Gasteiger partial charge in [-0.2, -0.15) is 0 Å². The lowest BCUT2D eigenvalue weighted by molar-refractivity contribution is 0.600. The maximum Gasteiger partial charge on any atom is 0.171 e. The van der Waals surface area contributed by atoms with Crippen LogP contribution in [0.15, 0.2) is 24.3 Å². The molecule has 4 nitrogen and oxygen atoms in total. The minimum Gasteiger partial charge on any atom is -0.357 e. The van der Waals surface area contributed by atoms with Gasteiger partial charge in [-0.1, -0.05) is 11.6 Å². The molecule has 2 atom stereocenters. The van der Waals surface area contributed by atoms with Gasteiger partial charge in [0.05, 0.1) is 22.9 Å². The average molecular weight is 339 g/mol. The van der Waals surface area contributed by atoms with Crippen molar-refractivity contribution in [2.75, 3.05) is 16.8 Å². The van der Waals surface area contributed by atoms with Crippen LogP contribution >= 0.6 is 35.4 Å². The van der Waals surface area contributed by atoms with Gasteiger partial charge in [-0.3, -0.25) is 0 Å². The fraction of sp³-hybridized carbons (Fsp3) is 0.364. The van der Waals surface area contributed by atoms with Crippen molar-refractivity contribution < 1.29 is 8.42 Å². The molecule has 2 unspecified atom stereocenters. The lowest BCUT2D eigenvalue weighted by Crippen LogP contribution is -2.42. The lowest BCUT2D eigenvalue weighted by Gasteiger charge is -2.17. The highest BCUT2D eigenvalue weighted by Gasteiger charge is 2.36.